The highest BCUT2D eigenvalue weighted by Crippen LogP contribution is 2.38. The molecule has 5 nitrogen and oxygen atoms in total. The number of benzene rings is 1. The van der Waals surface area contributed by atoms with Crippen molar-refractivity contribution in [1.29, 1.82) is 0 Å². The first-order valence-corrected chi connectivity index (χ1v) is 7.65. The number of nitrogens with zero attached hydrogens (tertiary/aromatic N) is 1. The van der Waals surface area contributed by atoms with Crippen LogP contribution < -0.4 is 14.2 Å². The van der Waals surface area contributed by atoms with Gasteiger partial charge in [-0.2, -0.15) is 0 Å². The fourth-order valence-corrected chi connectivity index (χ4v) is 2.78. The molecule has 1 aliphatic rings. The highest BCUT2D eigenvalue weighted by Gasteiger charge is 2.21. The molecule has 122 valence electrons. The topological polar surface area (TPSA) is 48.0 Å². The van der Waals surface area contributed by atoms with E-state index in [9.17, 15) is 4.79 Å². The van der Waals surface area contributed by atoms with Gasteiger partial charge in [0, 0.05) is 13.1 Å². The first-order valence-electron chi connectivity index (χ1n) is 7.65. The number of amides is 1. The zero-order valence-electron chi connectivity index (χ0n) is 13.8. The van der Waals surface area contributed by atoms with Crippen LogP contribution in [0.15, 0.2) is 12.1 Å². The third-order valence-corrected chi connectivity index (χ3v) is 4.22. The van der Waals surface area contributed by atoms with Crippen molar-refractivity contribution in [1.82, 2.24) is 4.90 Å². The van der Waals surface area contributed by atoms with Crippen LogP contribution >= 0.6 is 0 Å². The number of hydrogen-bond acceptors (Lipinski definition) is 4. The van der Waals surface area contributed by atoms with E-state index in [0.29, 0.717) is 29.6 Å². The molecular formula is C17H25NO4. The number of hydrogen-bond donors (Lipinski definition) is 0. The molecule has 0 saturated carbocycles. The molecule has 1 aromatic carbocycles. The summed E-state index contributed by atoms with van der Waals surface area (Å²) >= 11 is 0. The number of piperidine rings is 1. The fraction of sp³-hybridized carbons (Fsp3) is 0.588. The summed E-state index contributed by atoms with van der Waals surface area (Å²) in [5.74, 6) is 2.58. The van der Waals surface area contributed by atoms with Crippen molar-refractivity contribution in [3.63, 3.8) is 0 Å². The van der Waals surface area contributed by atoms with Crippen LogP contribution in [0.25, 0.3) is 0 Å². The first kappa shape index (κ1) is 16.5. The standard InChI is InChI=1S/C17H25NO4/c1-12-5-7-18(8-6-12)16(19)11-13-9-14(20-2)17(22-4)15(10-13)21-3/h9-10,12H,5-8,11H2,1-4H3. The summed E-state index contributed by atoms with van der Waals surface area (Å²) in [6.45, 7) is 3.94. The molecule has 1 saturated heterocycles. The quantitative estimate of drug-likeness (QED) is 0.838. The lowest BCUT2D eigenvalue weighted by atomic mass is 9.98. The van der Waals surface area contributed by atoms with Crippen LogP contribution in [-0.2, 0) is 11.2 Å². The molecule has 1 aliphatic heterocycles. The number of carbonyl (C=O) groups is 1. The van der Waals surface area contributed by atoms with Crippen molar-refractivity contribution >= 4 is 5.91 Å². The van der Waals surface area contributed by atoms with E-state index in [2.05, 4.69) is 6.92 Å². The summed E-state index contributed by atoms with van der Waals surface area (Å²) in [4.78, 5) is 14.4. The van der Waals surface area contributed by atoms with E-state index in [-0.39, 0.29) is 5.91 Å². The largest absolute Gasteiger partial charge is 0.493 e. The zero-order chi connectivity index (χ0) is 16.1. The lowest BCUT2D eigenvalue weighted by Gasteiger charge is -2.30. The number of methoxy groups -OCH3 is 3. The maximum absolute atomic E-state index is 12.4. The van der Waals surface area contributed by atoms with Gasteiger partial charge in [0.1, 0.15) is 0 Å². The molecule has 0 N–H and O–H groups in total. The average molecular weight is 307 g/mol. The molecule has 0 aromatic heterocycles. The first-order chi connectivity index (χ1) is 10.6. The Labute approximate surface area is 132 Å². The van der Waals surface area contributed by atoms with Gasteiger partial charge in [-0.3, -0.25) is 4.79 Å². The Morgan fingerprint density at radius 1 is 1.09 bits per heavy atom. The second-order valence-electron chi connectivity index (χ2n) is 5.77. The molecule has 1 fully saturated rings. The molecule has 0 unspecified atom stereocenters. The highest BCUT2D eigenvalue weighted by molar-refractivity contribution is 5.79. The average Bonchev–Trinajstić information content (AvgIpc) is 2.54. The van der Waals surface area contributed by atoms with Crippen molar-refractivity contribution in [2.24, 2.45) is 5.92 Å². The minimum Gasteiger partial charge on any atom is -0.493 e. The lowest BCUT2D eigenvalue weighted by Crippen LogP contribution is -2.38. The van der Waals surface area contributed by atoms with Crippen LogP contribution in [0.3, 0.4) is 0 Å². The number of ether oxygens (including phenoxy) is 3. The Morgan fingerprint density at radius 3 is 2.09 bits per heavy atom. The van der Waals surface area contributed by atoms with E-state index in [0.717, 1.165) is 31.5 Å². The van der Waals surface area contributed by atoms with Crippen molar-refractivity contribution in [2.75, 3.05) is 34.4 Å². The summed E-state index contributed by atoms with van der Waals surface area (Å²) in [6, 6.07) is 3.68. The second-order valence-corrected chi connectivity index (χ2v) is 5.77. The van der Waals surface area contributed by atoms with Crippen molar-refractivity contribution in [3.05, 3.63) is 17.7 Å². The van der Waals surface area contributed by atoms with Gasteiger partial charge in [-0.25, -0.2) is 0 Å². The van der Waals surface area contributed by atoms with Gasteiger partial charge < -0.3 is 19.1 Å². The van der Waals surface area contributed by atoms with Crippen molar-refractivity contribution < 1.29 is 19.0 Å². The zero-order valence-corrected chi connectivity index (χ0v) is 13.8. The van der Waals surface area contributed by atoms with Crippen LogP contribution in [0.4, 0.5) is 0 Å². The Bertz CT molecular complexity index is 496. The number of rotatable bonds is 5. The Morgan fingerprint density at radius 2 is 1.64 bits per heavy atom. The molecule has 1 amide bonds. The van der Waals surface area contributed by atoms with E-state index in [1.165, 1.54) is 0 Å². The van der Waals surface area contributed by atoms with Crippen molar-refractivity contribution in [2.45, 2.75) is 26.2 Å². The van der Waals surface area contributed by atoms with Crippen LogP contribution in [0, 0.1) is 5.92 Å². The van der Waals surface area contributed by atoms with Crippen LogP contribution in [-0.4, -0.2) is 45.2 Å². The summed E-state index contributed by atoms with van der Waals surface area (Å²) in [5.41, 5.74) is 0.873. The highest BCUT2D eigenvalue weighted by atomic mass is 16.5. The predicted molar refractivity (Wildman–Crippen MR) is 84.8 cm³/mol. The molecule has 2 rings (SSSR count). The third-order valence-electron chi connectivity index (χ3n) is 4.22. The molecule has 0 atom stereocenters. The van der Waals surface area contributed by atoms with E-state index in [4.69, 9.17) is 14.2 Å². The molecule has 0 spiro atoms. The van der Waals surface area contributed by atoms with Gasteiger partial charge in [-0.05, 0) is 36.5 Å². The van der Waals surface area contributed by atoms with E-state index in [1.807, 2.05) is 17.0 Å². The van der Waals surface area contributed by atoms with Gasteiger partial charge in [0.15, 0.2) is 11.5 Å². The van der Waals surface area contributed by atoms with Crippen LogP contribution in [0.5, 0.6) is 17.2 Å². The molecule has 0 radical (unpaired) electrons. The summed E-state index contributed by atoms with van der Waals surface area (Å²) in [5, 5.41) is 0. The van der Waals surface area contributed by atoms with E-state index >= 15 is 0 Å². The predicted octanol–water partition coefficient (Wildman–Crippen LogP) is 2.51. The van der Waals surface area contributed by atoms with E-state index in [1.54, 1.807) is 21.3 Å². The Kier molecular flexibility index (Phi) is 5.52. The SMILES string of the molecule is COc1cc(CC(=O)N2CCC(C)CC2)cc(OC)c1OC. The lowest BCUT2D eigenvalue weighted by molar-refractivity contribution is -0.131. The molecule has 1 heterocycles. The number of likely N-dealkylation sites (tertiary alicyclic amines) is 1. The van der Waals surface area contributed by atoms with Crippen LogP contribution in [0.2, 0.25) is 0 Å². The molecule has 0 aliphatic carbocycles. The molecule has 5 heteroatoms. The van der Waals surface area contributed by atoms with Gasteiger partial charge in [0.25, 0.3) is 0 Å². The maximum atomic E-state index is 12.4. The molecule has 0 bridgehead atoms. The Balaban J connectivity index is 2.13. The van der Waals surface area contributed by atoms with Gasteiger partial charge in [-0.1, -0.05) is 6.92 Å². The van der Waals surface area contributed by atoms with Crippen molar-refractivity contribution in [3.8, 4) is 17.2 Å². The number of carbonyl (C=O) groups excluding carboxylic acids is 1. The summed E-state index contributed by atoms with van der Waals surface area (Å²) in [6.07, 6.45) is 2.52. The molecule has 1 aromatic rings. The van der Waals surface area contributed by atoms with Gasteiger partial charge in [0.05, 0.1) is 27.8 Å². The molecular weight excluding hydrogens is 282 g/mol. The molecule has 22 heavy (non-hydrogen) atoms. The van der Waals surface area contributed by atoms with Crippen LogP contribution in [0.1, 0.15) is 25.3 Å². The second kappa shape index (κ2) is 7.38. The summed E-state index contributed by atoms with van der Waals surface area (Å²) in [7, 11) is 4.73. The van der Waals surface area contributed by atoms with Gasteiger partial charge >= 0.3 is 0 Å². The minimum atomic E-state index is 0.154. The fourth-order valence-electron chi connectivity index (χ4n) is 2.78. The van der Waals surface area contributed by atoms with Gasteiger partial charge in [-0.15, -0.1) is 0 Å². The van der Waals surface area contributed by atoms with E-state index < -0.39 is 0 Å². The third kappa shape index (κ3) is 3.64. The Hall–Kier alpha value is -1.91. The maximum Gasteiger partial charge on any atom is 0.226 e. The normalized spacial score (nSPS) is 15.5. The monoisotopic (exact) mass is 307 g/mol. The minimum absolute atomic E-state index is 0.154. The summed E-state index contributed by atoms with van der Waals surface area (Å²) < 4.78 is 16.0. The van der Waals surface area contributed by atoms with Gasteiger partial charge in [0.2, 0.25) is 11.7 Å². The smallest absolute Gasteiger partial charge is 0.226 e.